The minimum absolute atomic E-state index is 0.138. The maximum atomic E-state index is 11.9. The topological polar surface area (TPSA) is 88.5 Å². The maximum absolute atomic E-state index is 11.9. The first-order valence-corrected chi connectivity index (χ1v) is 6.20. The number of ether oxygens (including phenoxy) is 1. The molecule has 2 aromatic rings. The molecule has 0 bridgehead atoms. The largest absolute Gasteiger partial charge is 0.497 e. The predicted octanol–water partition coefficient (Wildman–Crippen LogP) is 1.72. The Morgan fingerprint density at radius 1 is 1.19 bits per heavy atom. The van der Waals surface area contributed by atoms with E-state index in [9.17, 15) is 9.59 Å². The van der Waals surface area contributed by atoms with Crippen LogP contribution in [0.5, 0.6) is 5.75 Å². The van der Waals surface area contributed by atoms with E-state index in [1.54, 1.807) is 31.4 Å². The van der Waals surface area contributed by atoms with E-state index < -0.39 is 5.97 Å². The SMILES string of the molecule is COc1ccc(C(=O)NCc2cc(C(=O)O)ccn2)cc1. The van der Waals surface area contributed by atoms with Crippen molar-refractivity contribution in [1.82, 2.24) is 10.3 Å². The van der Waals surface area contributed by atoms with Gasteiger partial charge >= 0.3 is 5.97 Å². The zero-order chi connectivity index (χ0) is 15.2. The highest BCUT2D eigenvalue weighted by molar-refractivity contribution is 5.94. The molecule has 0 radical (unpaired) electrons. The lowest BCUT2D eigenvalue weighted by molar-refractivity contribution is 0.0696. The quantitative estimate of drug-likeness (QED) is 0.873. The standard InChI is InChI=1S/C15H14N2O4/c1-21-13-4-2-10(3-5-13)14(18)17-9-12-8-11(15(19)20)6-7-16-12/h2-8H,9H2,1H3,(H,17,18)(H,19,20). The molecular formula is C15H14N2O4. The number of nitrogens with zero attached hydrogens (tertiary/aromatic N) is 1. The third-order valence-corrected chi connectivity index (χ3v) is 2.85. The molecule has 0 aliphatic rings. The van der Waals surface area contributed by atoms with Crippen LogP contribution in [0, 0.1) is 0 Å². The molecule has 0 fully saturated rings. The van der Waals surface area contributed by atoms with Crippen LogP contribution in [-0.4, -0.2) is 29.1 Å². The Bertz CT molecular complexity index is 653. The lowest BCUT2D eigenvalue weighted by atomic mass is 10.2. The molecule has 6 nitrogen and oxygen atoms in total. The van der Waals surface area contributed by atoms with Crippen LogP contribution in [0.25, 0.3) is 0 Å². The summed E-state index contributed by atoms with van der Waals surface area (Å²) in [4.78, 5) is 26.8. The second-order valence-electron chi connectivity index (χ2n) is 4.25. The van der Waals surface area contributed by atoms with Gasteiger partial charge in [0.1, 0.15) is 5.75 Å². The van der Waals surface area contributed by atoms with Gasteiger partial charge in [-0.15, -0.1) is 0 Å². The van der Waals surface area contributed by atoms with Crippen LogP contribution in [0.15, 0.2) is 42.6 Å². The minimum Gasteiger partial charge on any atom is -0.497 e. The van der Waals surface area contributed by atoms with Crippen molar-refractivity contribution in [2.75, 3.05) is 7.11 Å². The number of aromatic nitrogens is 1. The van der Waals surface area contributed by atoms with Crippen molar-refractivity contribution in [3.8, 4) is 5.75 Å². The molecule has 0 unspecified atom stereocenters. The first-order chi connectivity index (χ1) is 10.1. The van der Waals surface area contributed by atoms with Gasteiger partial charge in [0.25, 0.3) is 5.91 Å². The van der Waals surface area contributed by atoms with Crippen molar-refractivity contribution in [2.45, 2.75) is 6.54 Å². The summed E-state index contributed by atoms with van der Waals surface area (Å²) in [5, 5.41) is 11.6. The van der Waals surface area contributed by atoms with Gasteiger partial charge < -0.3 is 15.2 Å². The number of benzene rings is 1. The third-order valence-electron chi connectivity index (χ3n) is 2.85. The van der Waals surface area contributed by atoms with Gasteiger partial charge in [-0.05, 0) is 36.4 Å². The average molecular weight is 286 g/mol. The smallest absolute Gasteiger partial charge is 0.335 e. The molecule has 108 valence electrons. The summed E-state index contributed by atoms with van der Waals surface area (Å²) >= 11 is 0. The van der Waals surface area contributed by atoms with E-state index in [0.29, 0.717) is 17.0 Å². The van der Waals surface area contributed by atoms with E-state index in [1.807, 2.05) is 0 Å². The number of carbonyl (C=O) groups excluding carboxylic acids is 1. The second-order valence-corrected chi connectivity index (χ2v) is 4.25. The molecule has 1 amide bonds. The molecule has 2 N–H and O–H groups in total. The molecular weight excluding hydrogens is 272 g/mol. The second kappa shape index (κ2) is 6.51. The number of rotatable bonds is 5. The molecule has 1 aromatic heterocycles. The Kier molecular flexibility index (Phi) is 4.50. The number of carboxylic acids is 1. The summed E-state index contributed by atoms with van der Waals surface area (Å²) < 4.78 is 5.02. The molecule has 1 aromatic carbocycles. The Hall–Kier alpha value is -2.89. The van der Waals surface area contributed by atoms with Crippen molar-refractivity contribution < 1.29 is 19.4 Å². The zero-order valence-electron chi connectivity index (χ0n) is 11.4. The van der Waals surface area contributed by atoms with Crippen LogP contribution in [-0.2, 0) is 6.54 Å². The number of hydrogen-bond donors (Lipinski definition) is 2. The fourth-order valence-electron chi connectivity index (χ4n) is 1.72. The molecule has 0 saturated heterocycles. The number of aromatic carboxylic acids is 1. The monoisotopic (exact) mass is 286 g/mol. The number of pyridine rings is 1. The number of carbonyl (C=O) groups is 2. The summed E-state index contributed by atoms with van der Waals surface area (Å²) in [5.41, 5.74) is 1.11. The van der Waals surface area contributed by atoms with Crippen LogP contribution >= 0.6 is 0 Å². The van der Waals surface area contributed by atoms with Gasteiger partial charge in [-0.3, -0.25) is 9.78 Å². The number of amides is 1. The van der Waals surface area contributed by atoms with Gasteiger partial charge in [0.15, 0.2) is 0 Å². The Morgan fingerprint density at radius 2 is 1.90 bits per heavy atom. The van der Waals surface area contributed by atoms with E-state index in [1.165, 1.54) is 18.3 Å². The van der Waals surface area contributed by atoms with Gasteiger partial charge in [0.05, 0.1) is 24.9 Å². The molecule has 2 rings (SSSR count). The van der Waals surface area contributed by atoms with Crippen LogP contribution < -0.4 is 10.1 Å². The van der Waals surface area contributed by atoms with Gasteiger partial charge in [-0.1, -0.05) is 0 Å². The van der Waals surface area contributed by atoms with Crippen LogP contribution in [0.3, 0.4) is 0 Å². The van der Waals surface area contributed by atoms with Crippen LogP contribution in [0.1, 0.15) is 26.4 Å². The van der Waals surface area contributed by atoms with Crippen molar-refractivity contribution >= 4 is 11.9 Å². The fourth-order valence-corrected chi connectivity index (χ4v) is 1.72. The van der Waals surface area contributed by atoms with Gasteiger partial charge in [-0.2, -0.15) is 0 Å². The summed E-state index contributed by atoms with van der Waals surface area (Å²) in [7, 11) is 1.55. The maximum Gasteiger partial charge on any atom is 0.335 e. The van der Waals surface area contributed by atoms with Crippen molar-refractivity contribution in [3.05, 3.63) is 59.4 Å². The molecule has 0 saturated carbocycles. The van der Waals surface area contributed by atoms with E-state index in [0.717, 1.165) is 0 Å². The van der Waals surface area contributed by atoms with E-state index in [-0.39, 0.29) is 18.0 Å². The molecule has 6 heteroatoms. The Labute approximate surface area is 121 Å². The first kappa shape index (κ1) is 14.5. The highest BCUT2D eigenvalue weighted by Crippen LogP contribution is 2.11. The summed E-state index contributed by atoms with van der Waals surface area (Å²) in [6, 6.07) is 9.51. The average Bonchev–Trinajstić information content (AvgIpc) is 2.53. The van der Waals surface area contributed by atoms with Crippen molar-refractivity contribution in [2.24, 2.45) is 0 Å². The minimum atomic E-state index is -1.03. The number of nitrogens with one attached hydrogen (secondary N) is 1. The lowest BCUT2D eigenvalue weighted by Crippen LogP contribution is -2.23. The van der Waals surface area contributed by atoms with E-state index >= 15 is 0 Å². The van der Waals surface area contributed by atoms with Crippen molar-refractivity contribution in [3.63, 3.8) is 0 Å². The summed E-state index contributed by atoms with van der Waals surface area (Å²) in [6.45, 7) is 0.159. The normalized spacial score (nSPS) is 9.95. The molecule has 0 spiro atoms. The molecule has 1 heterocycles. The van der Waals surface area contributed by atoms with Crippen LogP contribution in [0.2, 0.25) is 0 Å². The third kappa shape index (κ3) is 3.79. The van der Waals surface area contributed by atoms with Gasteiger partial charge in [-0.25, -0.2) is 4.79 Å². The molecule has 0 aliphatic heterocycles. The van der Waals surface area contributed by atoms with Gasteiger partial charge in [0, 0.05) is 11.8 Å². The first-order valence-electron chi connectivity index (χ1n) is 6.20. The molecule has 0 aliphatic carbocycles. The fraction of sp³-hybridized carbons (Fsp3) is 0.133. The van der Waals surface area contributed by atoms with Crippen molar-refractivity contribution in [1.29, 1.82) is 0 Å². The summed E-state index contributed by atoms with van der Waals surface area (Å²) in [5.74, 6) is -0.623. The predicted molar refractivity (Wildman–Crippen MR) is 75.4 cm³/mol. The van der Waals surface area contributed by atoms with Gasteiger partial charge in [0.2, 0.25) is 0 Å². The highest BCUT2D eigenvalue weighted by Gasteiger charge is 2.08. The molecule has 0 atom stereocenters. The Morgan fingerprint density at radius 3 is 2.52 bits per heavy atom. The summed E-state index contributed by atoms with van der Waals surface area (Å²) in [6.07, 6.45) is 1.40. The Balaban J connectivity index is 2.00. The van der Waals surface area contributed by atoms with E-state index in [4.69, 9.17) is 9.84 Å². The number of methoxy groups -OCH3 is 1. The number of carboxylic acid groups (broad SMARTS) is 1. The molecule has 21 heavy (non-hydrogen) atoms. The lowest BCUT2D eigenvalue weighted by Gasteiger charge is -2.06. The zero-order valence-corrected chi connectivity index (χ0v) is 11.4. The van der Waals surface area contributed by atoms with Crippen LogP contribution in [0.4, 0.5) is 0 Å². The highest BCUT2D eigenvalue weighted by atomic mass is 16.5. The number of hydrogen-bond acceptors (Lipinski definition) is 4. The van der Waals surface area contributed by atoms with E-state index in [2.05, 4.69) is 10.3 Å².